The summed E-state index contributed by atoms with van der Waals surface area (Å²) in [6.45, 7) is 1.65. The number of carbonyl (C=O) groups excluding carboxylic acids is 1. The summed E-state index contributed by atoms with van der Waals surface area (Å²) in [5.41, 5.74) is 0. The Bertz CT molecular complexity index is 225. The van der Waals surface area contributed by atoms with E-state index >= 15 is 0 Å². The van der Waals surface area contributed by atoms with E-state index in [4.69, 9.17) is 5.11 Å². The minimum atomic E-state index is 0.135. The Kier molecular flexibility index (Phi) is 3.59. The second kappa shape index (κ2) is 4.94. The largest absolute Gasteiger partial charge is 0.395 e. The molecule has 86 valence electrons. The van der Waals surface area contributed by atoms with Crippen molar-refractivity contribution in [1.82, 2.24) is 10.0 Å². The number of β-amino-alcohol motifs (C(OH)–C–C–N with tert-alkyl or cyclic N) is 1. The number of aliphatic hydroxyl groups excluding tert-OH is 1. The molecule has 2 fully saturated rings. The van der Waals surface area contributed by atoms with Gasteiger partial charge in [0.1, 0.15) is 0 Å². The lowest BCUT2D eigenvalue weighted by atomic mass is 10.1. The minimum Gasteiger partial charge on any atom is -0.395 e. The Balaban J connectivity index is 2.03. The number of amides is 1. The highest BCUT2D eigenvalue weighted by atomic mass is 16.3. The molecule has 4 heteroatoms. The molecule has 1 amide bonds. The van der Waals surface area contributed by atoms with Gasteiger partial charge in [0.25, 0.3) is 0 Å². The van der Waals surface area contributed by atoms with Crippen LogP contribution in [0, 0.1) is 0 Å². The lowest BCUT2D eigenvalue weighted by molar-refractivity contribution is -0.163. The van der Waals surface area contributed by atoms with E-state index in [1.54, 1.807) is 0 Å². The average molecular weight is 212 g/mol. The average Bonchev–Trinajstić information content (AvgIpc) is 2.71. The van der Waals surface area contributed by atoms with Crippen molar-refractivity contribution in [2.24, 2.45) is 0 Å². The van der Waals surface area contributed by atoms with E-state index in [-0.39, 0.29) is 12.5 Å². The predicted octanol–water partition coefficient (Wildman–Crippen LogP) is 0.761. The molecule has 0 radical (unpaired) electrons. The fourth-order valence-electron chi connectivity index (χ4n) is 2.71. The van der Waals surface area contributed by atoms with Gasteiger partial charge >= 0.3 is 0 Å². The normalized spacial score (nSPS) is 25.1. The van der Waals surface area contributed by atoms with Crippen LogP contribution in [0.15, 0.2) is 0 Å². The van der Waals surface area contributed by atoms with Crippen LogP contribution in [0.2, 0.25) is 0 Å². The molecule has 2 aliphatic rings. The van der Waals surface area contributed by atoms with Crippen molar-refractivity contribution in [2.45, 2.75) is 44.6 Å². The summed E-state index contributed by atoms with van der Waals surface area (Å²) in [7, 11) is 0. The maximum atomic E-state index is 11.9. The van der Waals surface area contributed by atoms with E-state index in [1.807, 2.05) is 10.0 Å². The molecule has 1 saturated carbocycles. The highest BCUT2D eigenvalue weighted by molar-refractivity contribution is 5.76. The van der Waals surface area contributed by atoms with Gasteiger partial charge in [-0.1, -0.05) is 12.8 Å². The van der Waals surface area contributed by atoms with Crippen molar-refractivity contribution in [3.8, 4) is 0 Å². The Morgan fingerprint density at radius 2 is 2.00 bits per heavy atom. The maximum Gasteiger partial charge on any atom is 0.237 e. The van der Waals surface area contributed by atoms with Crippen LogP contribution in [-0.2, 0) is 4.79 Å². The SMILES string of the molecule is O=C1CCCN(CCO)N1C1CCCC1. The van der Waals surface area contributed by atoms with Crippen LogP contribution < -0.4 is 0 Å². The summed E-state index contributed by atoms with van der Waals surface area (Å²) in [6.07, 6.45) is 6.35. The second-order valence-corrected chi connectivity index (χ2v) is 4.46. The van der Waals surface area contributed by atoms with Gasteiger partial charge in [0.2, 0.25) is 5.91 Å². The Morgan fingerprint density at radius 3 is 2.67 bits per heavy atom. The molecular weight excluding hydrogens is 192 g/mol. The highest BCUT2D eigenvalue weighted by Crippen LogP contribution is 2.27. The fraction of sp³-hybridized carbons (Fsp3) is 0.909. The lowest BCUT2D eigenvalue weighted by Gasteiger charge is -2.42. The molecule has 0 aromatic heterocycles. The van der Waals surface area contributed by atoms with Gasteiger partial charge in [-0.05, 0) is 19.3 Å². The maximum absolute atomic E-state index is 11.9. The first-order chi connectivity index (χ1) is 7.33. The molecule has 0 bridgehead atoms. The smallest absolute Gasteiger partial charge is 0.237 e. The summed E-state index contributed by atoms with van der Waals surface area (Å²) in [6, 6.07) is 0.407. The third-order valence-corrected chi connectivity index (χ3v) is 3.40. The van der Waals surface area contributed by atoms with E-state index in [0.29, 0.717) is 19.0 Å². The summed E-state index contributed by atoms with van der Waals surface area (Å²) in [5.74, 6) is 0.251. The summed E-state index contributed by atoms with van der Waals surface area (Å²) >= 11 is 0. The highest BCUT2D eigenvalue weighted by Gasteiger charge is 2.33. The van der Waals surface area contributed by atoms with E-state index in [1.165, 1.54) is 12.8 Å². The van der Waals surface area contributed by atoms with Gasteiger partial charge in [-0.25, -0.2) is 5.01 Å². The van der Waals surface area contributed by atoms with Crippen LogP contribution in [0.4, 0.5) is 0 Å². The Morgan fingerprint density at radius 1 is 1.27 bits per heavy atom. The van der Waals surface area contributed by atoms with Gasteiger partial charge in [0.15, 0.2) is 0 Å². The molecule has 1 N–H and O–H groups in total. The van der Waals surface area contributed by atoms with Crippen molar-refractivity contribution in [2.75, 3.05) is 19.7 Å². The molecule has 1 aliphatic heterocycles. The minimum absolute atomic E-state index is 0.135. The molecule has 2 rings (SSSR count). The third kappa shape index (κ3) is 2.32. The molecule has 0 aromatic carbocycles. The first kappa shape index (κ1) is 10.9. The summed E-state index contributed by atoms with van der Waals surface area (Å²) in [5, 5.41) is 13.0. The number of nitrogens with zero attached hydrogens (tertiary/aromatic N) is 2. The van der Waals surface area contributed by atoms with Crippen LogP contribution in [0.25, 0.3) is 0 Å². The molecule has 4 nitrogen and oxygen atoms in total. The summed E-state index contributed by atoms with van der Waals surface area (Å²) < 4.78 is 0. The van der Waals surface area contributed by atoms with Gasteiger partial charge in [0.05, 0.1) is 6.61 Å². The first-order valence-corrected chi connectivity index (χ1v) is 6.00. The third-order valence-electron chi connectivity index (χ3n) is 3.40. The van der Waals surface area contributed by atoms with Crippen molar-refractivity contribution in [3.63, 3.8) is 0 Å². The van der Waals surface area contributed by atoms with Crippen molar-refractivity contribution >= 4 is 5.91 Å². The zero-order chi connectivity index (χ0) is 10.7. The number of hydrazine groups is 1. The van der Waals surface area contributed by atoms with Crippen molar-refractivity contribution in [3.05, 3.63) is 0 Å². The van der Waals surface area contributed by atoms with Crippen molar-refractivity contribution < 1.29 is 9.90 Å². The van der Waals surface area contributed by atoms with E-state index in [0.717, 1.165) is 25.8 Å². The van der Waals surface area contributed by atoms with Gasteiger partial charge < -0.3 is 5.11 Å². The van der Waals surface area contributed by atoms with Crippen LogP contribution in [0.5, 0.6) is 0 Å². The monoisotopic (exact) mass is 212 g/mol. The van der Waals surface area contributed by atoms with Crippen LogP contribution in [0.1, 0.15) is 38.5 Å². The molecule has 0 spiro atoms. The van der Waals surface area contributed by atoms with Gasteiger partial charge in [-0.15, -0.1) is 0 Å². The molecule has 15 heavy (non-hydrogen) atoms. The second-order valence-electron chi connectivity index (χ2n) is 4.46. The molecule has 1 saturated heterocycles. The number of carbonyl (C=O) groups is 1. The van der Waals surface area contributed by atoms with Gasteiger partial charge in [0, 0.05) is 25.6 Å². The Labute approximate surface area is 90.8 Å². The van der Waals surface area contributed by atoms with Crippen LogP contribution in [0.3, 0.4) is 0 Å². The summed E-state index contributed by atoms with van der Waals surface area (Å²) in [4.78, 5) is 11.9. The number of hydrogen-bond acceptors (Lipinski definition) is 3. The quantitative estimate of drug-likeness (QED) is 0.751. The van der Waals surface area contributed by atoms with E-state index in [2.05, 4.69) is 0 Å². The Hall–Kier alpha value is -0.610. The van der Waals surface area contributed by atoms with Crippen LogP contribution in [-0.4, -0.2) is 46.8 Å². The molecular formula is C11H20N2O2. The molecule has 0 unspecified atom stereocenters. The van der Waals surface area contributed by atoms with Gasteiger partial charge in [-0.2, -0.15) is 0 Å². The lowest BCUT2D eigenvalue weighted by Crippen LogP contribution is -2.55. The zero-order valence-electron chi connectivity index (χ0n) is 9.19. The van der Waals surface area contributed by atoms with Crippen LogP contribution >= 0.6 is 0 Å². The topological polar surface area (TPSA) is 43.8 Å². The first-order valence-electron chi connectivity index (χ1n) is 6.00. The molecule has 1 aliphatic carbocycles. The fourth-order valence-corrected chi connectivity index (χ4v) is 2.71. The van der Waals surface area contributed by atoms with Crippen molar-refractivity contribution in [1.29, 1.82) is 0 Å². The number of aliphatic hydroxyl groups is 1. The van der Waals surface area contributed by atoms with E-state index < -0.39 is 0 Å². The standard InChI is InChI=1S/C11H20N2O2/c14-9-8-12-7-3-6-11(15)13(12)10-4-1-2-5-10/h10,14H,1-9H2. The number of hydrogen-bond donors (Lipinski definition) is 1. The zero-order valence-corrected chi connectivity index (χ0v) is 9.19. The van der Waals surface area contributed by atoms with Gasteiger partial charge in [-0.3, -0.25) is 9.80 Å². The molecule has 0 aromatic rings. The number of rotatable bonds is 3. The predicted molar refractivity (Wildman–Crippen MR) is 57.0 cm³/mol. The molecule has 0 atom stereocenters. The van der Waals surface area contributed by atoms with E-state index in [9.17, 15) is 4.79 Å². The molecule has 1 heterocycles.